The van der Waals surface area contributed by atoms with Crippen molar-refractivity contribution in [3.05, 3.63) is 101 Å². The number of nitrogens with zero attached hydrogens (tertiary/aromatic N) is 1. The number of ether oxygens (including phenoxy) is 2. The van der Waals surface area contributed by atoms with Crippen molar-refractivity contribution >= 4 is 6.09 Å². The quantitative estimate of drug-likeness (QED) is 0.443. The second kappa shape index (κ2) is 9.70. The zero-order chi connectivity index (χ0) is 23.4. The highest BCUT2D eigenvalue weighted by Crippen LogP contribution is 2.38. The van der Waals surface area contributed by atoms with Gasteiger partial charge in [0.15, 0.2) is 0 Å². The Morgan fingerprint density at radius 1 is 0.909 bits per heavy atom. The Bertz CT molecular complexity index is 1070. The molecule has 0 aromatic heterocycles. The van der Waals surface area contributed by atoms with Gasteiger partial charge in [0.05, 0.1) is 0 Å². The van der Waals surface area contributed by atoms with Crippen LogP contribution in [0.25, 0.3) is 0 Å². The van der Waals surface area contributed by atoms with E-state index in [0.717, 1.165) is 24.2 Å². The Labute approximate surface area is 197 Å². The van der Waals surface area contributed by atoms with Crippen LogP contribution in [-0.4, -0.2) is 29.7 Å². The van der Waals surface area contributed by atoms with Crippen molar-refractivity contribution in [2.45, 2.75) is 57.8 Å². The van der Waals surface area contributed by atoms with Crippen molar-refractivity contribution in [2.24, 2.45) is 0 Å². The molecule has 1 aliphatic rings. The number of likely N-dealkylation sites (N-methyl/N-ethyl adjacent to an activating group) is 1. The van der Waals surface area contributed by atoms with E-state index >= 15 is 0 Å². The van der Waals surface area contributed by atoms with E-state index in [0.29, 0.717) is 6.61 Å². The zero-order valence-corrected chi connectivity index (χ0v) is 20.0. The number of carbonyl (C=O) groups excluding carboxylic acids is 1. The molecule has 2 unspecified atom stereocenters. The third kappa shape index (κ3) is 5.75. The van der Waals surface area contributed by atoms with E-state index in [4.69, 9.17) is 9.47 Å². The Kier molecular flexibility index (Phi) is 6.73. The highest BCUT2D eigenvalue weighted by atomic mass is 16.6. The number of hydrogen-bond donors (Lipinski definition) is 0. The highest BCUT2D eigenvalue weighted by molar-refractivity contribution is 5.69. The fourth-order valence-electron chi connectivity index (χ4n) is 4.50. The molecule has 0 saturated heterocycles. The van der Waals surface area contributed by atoms with Crippen LogP contribution >= 0.6 is 0 Å². The molecule has 0 fully saturated rings. The van der Waals surface area contributed by atoms with E-state index < -0.39 is 5.60 Å². The van der Waals surface area contributed by atoms with Crippen LogP contribution in [0.15, 0.2) is 78.9 Å². The fourth-order valence-corrected chi connectivity index (χ4v) is 4.50. The molecule has 3 aromatic carbocycles. The van der Waals surface area contributed by atoms with Gasteiger partial charge < -0.3 is 14.4 Å². The monoisotopic (exact) mass is 443 g/mol. The molecule has 1 amide bonds. The van der Waals surface area contributed by atoms with E-state index in [-0.39, 0.29) is 18.1 Å². The molecule has 0 aliphatic heterocycles. The minimum atomic E-state index is -0.512. The minimum Gasteiger partial charge on any atom is -0.489 e. The molecule has 1 aliphatic carbocycles. The van der Waals surface area contributed by atoms with Crippen LogP contribution in [0, 0.1) is 0 Å². The summed E-state index contributed by atoms with van der Waals surface area (Å²) >= 11 is 0. The Hall–Kier alpha value is -3.27. The first-order valence-corrected chi connectivity index (χ1v) is 11.6. The molecule has 33 heavy (non-hydrogen) atoms. The summed E-state index contributed by atoms with van der Waals surface area (Å²) < 4.78 is 11.6. The van der Waals surface area contributed by atoms with Gasteiger partial charge in [-0.3, -0.25) is 0 Å². The maximum Gasteiger partial charge on any atom is 0.410 e. The van der Waals surface area contributed by atoms with Gasteiger partial charge >= 0.3 is 6.09 Å². The lowest BCUT2D eigenvalue weighted by atomic mass is 9.90. The average molecular weight is 444 g/mol. The van der Waals surface area contributed by atoms with Crippen molar-refractivity contribution in [3.63, 3.8) is 0 Å². The largest absolute Gasteiger partial charge is 0.489 e. The second-order valence-electron chi connectivity index (χ2n) is 9.79. The summed E-state index contributed by atoms with van der Waals surface area (Å²) in [6, 6.07) is 27.1. The van der Waals surface area contributed by atoms with Crippen molar-refractivity contribution in [3.8, 4) is 5.75 Å². The molecule has 0 heterocycles. The lowest BCUT2D eigenvalue weighted by Crippen LogP contribution is -2.43. The summed E-state index contributed by atoms with van der Waals surface area (Å²) in [6.07, 6.45) is 1.43. The molecule has 0 bridgehead atoms. The predicted molar refractivity (Wildman–Crippen MR) is 132 cm³/mol. The Morgan fingerprint density at radius 2 is 1.58 bits per heavy atom. The van der Waals surface area contributed by atoms with Crippen LogP contribution in [0.4, 0.5) is 4.79 Å². The van der Waals surface area contributed by atoms with Crippen LogP contribution in [-0.2, 0) is 24.2 Å². The van der Waals surface area contributed by atoms with Crippen LogP contribution in [0.2, 0.25) is 0 Å². The minimum absolute atomic E-state index is 0.0613. The average Bonchev–Trinajstić information content (AvgIpc) is 3.16. The summed E-state index contributed by atoms with van der Waals surface area (Å²) in [6.45, 7) is 6.27. The van der Waals surface area contributed by atoms with Crippen LogP contribution in [0.3, 0.4) is 0 Å². The van der Waals surface area contributed by atoms with E-state index in [2.05, 4.69) is 48.5 Å². The standard InChI is InChI=1S/C29H33NO3/c1-29(2,3)33-28(31)30(4)27-19-23-12-8-9-13-25(23)26(27)18-21-14-16-24(17-15-21)32-20-22-10-6-5-7-11-22/h5-17,26-27H,18-20H2,1-4H3. The van der Waals surface area contributed by atoms with Crippen molar-refractivity contribution in [2.75, 3.05) is 7.05 Å². The van der Waals surface area contributed by atoms with Gasteiger partial charge in [0.1, 0.15) is 18.0 Å². The molecule has 4 rings (SSSR count). The van der Waals surface area contributed by atoms with E-state index in [9.17, 15) is 4.79 Å². The molecule has 0 saturated carbocycles. The molecule has 4 nitrogen and oxygen atoms in total. The van der Waals surface area contributed by atoms with E-state index in [1.807, 2.05) is 58.2 Å². The first kappa shape index (κ1) is 22.9. The maximum atomic E-state index is 12.8. The molecule has 2 atom stereocenters. The summed E-state index contributed by atoms with van der Waals surface area (Å²) in [5, 5.41) is 0. The number of benzene rings is 3. The van der Waals surface area contributed by atoms with Crippen LogP contribution in [0.5, 0.6) is 5.75 Å². The number of amides is 1. The van der Waals surface area contributed by atoms with Crippen molar-refractivity contribution in [1.29, 1.82) is 0 Å². The van der Waals surface area contributed by atoms with Crippen LogP contribution < -0.4 is 4.74 Å². The van der Waals surface area contributed by atoms with Gasteiger partial charge in [-0.2, -0.15) is 0 Å². The number of hydrogen-bond acceptors (Lipinski definition) is 3. The van der Waals surface area contributed by atoms with Gasteiger partial charge in [-0.15, -0.1) is 0 Å². The number of carbonyl (C=O) groups is 1. The first-order chi connectivity index (χ1) is 15.8. The molecule has 0 N–H and O–H groups in total. The summed E-state index contributed by atoms with van der Waals surface area (Å²) in [7, 11) is 1.86. The third-order valence-corrected chi connectivity index (χ3v) is 6.15. The van der Waals surface area contributed by atoms with Crippen LogP contribution in [0.1, 0.15) is 48.9 Å². The summed E-state index contributed by atoms with van der Waals surface area (Å²) in [5.41, 5.74) is 4.50. The lowest BCUT2D eigenvalue weighted by molar-refractivity contribution is 0.0207. The van der Waals surface area contributed by atoms with Gasteiger partial charge in [0.25, 0.3) is 0 Å². The summed E-state index contributed by atoms with van der Waals surface area (Å²) in [4.78, 5) is 14.6. The van der Waals surface area contributed by atoms with E-state index in [1.165, 1.54) is 16.7 Å². The molecule has 4 heteroatoms. The maximum absolute atomic E-state index is 12.8. The smallest absolute Gasteiger partial charge is 0.410 e. The number of fused-ring (bicyclic) bond motifs is 1. The summed E-state index contributed by atoms with van der Waals surface area (Å²) in [5.74, 6) is 1.08. The topological polar surface area (TPSA) is 38.8 Å². The van der Waals surface area contributed by atoms with E-state index in [1.54, 1.807) is 4.90 Å². The second-order valence-corrected chi connectivity index (χ2v) is 9.79. The van der Waals surface area contributed by atoms with Gasteiger partial charge in [-0.25, -0.2) is 4.79 Å². The molecule has 172 valence electrons. The Morgan fingerprint density at radius 3 is 2.27 bits per heavy atom. The molecular weight excluding hydrogens is 410 g/mol. The van der Waals surface area contributed by atoms with Gasteiger partial charge in [-0.1, -0.05) is 66.7 Å². The fraction of sp³-hybridized carbons (Fsp3) is 0.345. The SMILES string of the molecule is CN(C(=O)OC(C)(C)C)C1Cc2ccccc2C1Cc1ccc(OCc2ccccc2)cc1. The van der Waals surface area contributed by atoms with Gasteiger partial charge in [-0.05, 0) is 68.0 Å². The molecule has 0 radical (unpaired) electrons. The lowest BCUT2D eigenvalue weighted by Gasteiger charge is -2.32. The molecule has 0 spiro atoms. The predicted octanol–water partition coefficient (Wildman–Crippen LogP) is 6.38. The normalized spacial score (nSPS) is 17.3. The molecule has 3 aromatic rings. The highest BCUT2D eigenvalue weighted by Gasteiger charge is 2.38. The van der Waals surface area contributed by atoms with Crippen molar-refractivity contribution < 1.29 is 14.3 Å². The third-order valence-electron chi connectivity index (χ3n) is 6.15. The van der Waals surface area contributed by atoms with Gasteiger partial charge in [0.2, 0.25) is 0 Å². The Balaban J connectivity index is 1.47. The van der Waals surface area contributed by atoms with Gasteiger partial charge in [0, 0.05) is 19.0 Å². The molecular formula is C29H33NO3. The first-order valence-electron chi connectivity index (χ1n) is 11.6. The van der Waals surface area contributed by atoms with Crippen molar-refractivity contribution in [1.82, 2.24) is 4.90 Å². The number of rotatable bonds is 6. The zero-order valence-electron chi connectivity index (χ0n) is 20.0.